The summed E-state index contributed by atoms with van der Waals surface area (Å²) in [6.07, 6.45) is 0.794. The first-order chi connectivity index (χ1) is 14.5. The summed E-state index contributed by atoms with van der Waals surface area (Å²) in [6.45, 7) is 2.32. The molecule has 7 nitrogen and oxygen atoms in total. The topological polar surface area (TPSA) is 82.5 Å². The zero-order valence-corrected chi connectivity index (χ0v) is 17.3. The molecule has 0 fully saturated rings. The summed E-state index contributed by atoms with van der Waals surface area (Å²) in [5.74, 6) is 1.11. The van der Waals surface area contributed by atoms with Gasteiger partial charge in [0, 0.05) is 30.3 Å². The van der Waals surface area contributed by atoms with Crippen molar-refractivity contribution in [3.8, 4) is 22.8 Å². The quantitative estimate of drug-likeness (QED) is 0.616. The van der Waals surface area contributed by atoms with Gasteiger partial charge >= 0.3 is 0 Å². The average molecular weight is 407 g/mol. The van der Waals surface area contributed by atoms with E-state index in [0.717, 1.165) is 16.8 Å². The van der Waals surface area contributed by atoms with Crippen molar-refractivity contribution >= 4 is 11.6 Å². The molecule has 0 saturated heterocycles. The number of amides is 1. The van der Waals surface area contributed by atoms with Gasteiger partial charge in [0.2, 0.25) is 5.91 Å². The van der Waals surface area contributed by atoms with Crippen molar-refractivity contribution in [1.29, 1.82) is 0 Å². The highest BCUT2D eigenvalue weighted by Crippen LogP contribution is 2.31. The second-order valence-corrected chi connectivity index (χ2v) is 6.87. The number of benzene rings is 2. The number of carbonyl (C=O) groups is 1. The highest BCUT2D eigenvalue weighted by molar-refractivity contribution is 5.90. The fourth-order valence-corrected chi connectivity index (χ4v) is 3.09. The Morgan fingerprint density at radius 3 is 2.57 bits per heavy atom. The summed E-state index contributed by atoms with van der Waals surface area (Å²) < 4.78 is 12.0. The molecule has 0 aliphatic carbocycles. The first-order valence-corrected chi connectivity index (χ1v) is 9.67. The molecule has 1 N–H and O–H groups in total. The Bertz CT molecular complexity index is 1090. The van der Waals surface area contributed by atoms with E-state index in [1.165, 1.54) is 10.7 Å². The summed E-state index contributed by atoms with van der Waals surface area (Å²) >= 11 is 0. The summed E-state index contributed by atoms with van der Waals surface area (Å²) in [6, 6.07) is 16.2. The van der Waals surface area contributed by atoms with Crippen LogP contribution in [0.2, 0.25) is 0 Å². The number of hydrogen-bond donors (Lipinski definition) is 1. The van der Waals surface area contributed by atoms with E-state index < -0.39 is 0 Å². The Balaban J connectivity index is 1.66. The van der Waals surface area contributed by atoms with Crippen molar-refractivity contribution in [2.45, 2.75) is 26.3 Å². The van der Waals surface area contributed by atoms with Gasteiger partial charge in [-0.15, -0.1) is 0 Å². The molecule has 0 aliphatic rings. The highest BCUT2D eigenvalue weighted by Gasteiger charge is 2.09. The van der Waals surface area contributed by atoms with E-state index >= 15 is 0 Å². The van der Waals surface area contributed by atoms with Crippen molar-refractivity contribution in [1.82, 2.24) is 9.78 Å². The predicted molar refractivity (Wildman–Crippen MR) is 116 cm³/mol. The van der Waals surface area contributed by atoms with E-state index in [-0.39, 0.29) is 11.5 Å². The molecule has 30 heavy (non-hydrogen) atoms. The molecule has 2 aromatic carbocycles. The second-order valence-electron chi connectivity index (χ2n) is 6.87. The Kier molecular flexibility index (Phi) is 6.85. The Morgan fingerprint density at radius 2 is 1.83 bits per heavy atom. The van der Waals surface area contributed by atoms with Gasteiger partial charge in [-0.3, -0.25) is 9.59 Å². The maximum Gasteiger partial charge on any atom is 0.266 e. The zero-order valence-electron chi connectivity index (χ0n) is 17.3. The van der Waals surface area contributed by atoms with Crippen LogP contribution in [0.1, 0.15) is 18.4 Å². The number of aromatic nitrogens is 2. The van der Waals surface area contributed by atoms with Crippen molar-refractivity contribution < 1.29 is 14.3 Å². The summed E-state index contributed by atoms with van der Waals surface area (Å²) in [7, 11) is 3.14. The molecule has 0 spiro atoms. The highest BCUT2D eigenvalue weighted by atomic mass is 16.5. The number of ether oxygens (including phenoxy) is 2. The summed E-state index contributed by atoms with van der Waals surface area (Å²) in [5.41, 5.74) is 3.08. The monoisotopic (exact) mass is 407 g/mol. The molecule has 7 heteroatoms. The Morgan fingerprint density at radius 1 is 1.03 bits per heavy atom. The van der Waals surface area contributed by atoms with Crippen LogP contribution in [0, 0.1) is 6.92 Å². The number of carbonyl (C=O) groups excluding carboxylic acids is 1. The van der Waals surface area contributed by atoms with Gasteiger partial charge in [-0.05, 0) is 55.3 Å². The molecule has 0 radical (unpaired) electrons. The number of anilines is 1. The van der Waals surface area contributed by atoms with Crippen molar-refractivity contribution in [3.63, 3.8) is 0 Å². The number of hydrogen-bond acceptors (Lipinski definition) is 5. The normalized spacial score (nSPS) is 10.5. The largest absolute Gasteiger partial charge is 0.493 e. The number of aryl methyl sites for hydroxylation is 2. The third-order valence-corrected chi connectivity index (χ3v) is 4.62. The minimum atomic E-state index is -0.210. The van der Waals surface area contributed by atoms with E-state index in [0.29, 0.717) is 36.6 Å². The van der Waals surface area contributed by atoms with Gasteiger partial charge in [0.1, 0.15) is 0 Å². The zero-order chi connectivity index (χ0) is 21.5. The third kappa shape index (κ3) is 5.26. The SMILES string of the molecule is COc1ccc(-c2ccc(=O)n(CCCC(=O)Nc3cccc(C)c3)n2)cc1OC. The minimum absolute atomic E-state index is 0.0929. The lowest BCUT2D eigenvalue weighted by Crippen LogP contribution is -2.23. The van der Waals surface area contributed by atoms with Gasteiger partial charge in [0.25, 0.3) is 5.56 Å². The molecule has 1 aromatic heterocycles. The number of rotatable bonds is 8. The molecule has 0 saturated carbocycles. The fraction of sp³-hybridized carbons (Fsp3) is 0.261. The van der Waals surface area contributed by atoms with Crippen LogP contribution < -0.4 is 20.3 Å². The van der Waals surface area contributed by atoms with E-state index in [2.05, 4.69) is 10.4 Å². The molecule has 0 bridgehead atoms. The molecule has 3 rings (SSSR count). The fourth-order valence-electron chi connectivity index (χ4n) is 3.09. The van der Waals surface area contributed by atoms with Gasteiger partial charge in [-0.2, -0.15) is 5.10 Å². The third-order valence-electron chi connectivity index (χ3n) is 4.62. The van der Waals surface area contributed by atoms with Gasteiger partial charge < -0.3 is 14.8 Å². The lowest BCUT2D eigenvalue weighted by atomic mass is 10.1. The van der Waals surface area contributed by atoms with Gasteiger partial charge in [0.05, 0.1) is 19.9 Å². The molecule has 1 heterocycles. The lowest BCUT2D eigenvalue weighted by Gasteiger charge is -2.11. The second kappa shape index (κ2) is 9.73. The Hall–Kier alpha value is -3.61. The van der Waals surface area contributed by atoms with Crippen LogP contribution in [0.25, 0.3) is 11.3 Å². The predicted octanol–water partition coefficient (Wildman–Crippen LogP) is 3.65. The Labute approximate surface area is 175 Å². The van der Waals surface area contributed by atoms with Crippen molar-refractivity contribution in [2.75, 3.05) is 19.5 Å². The van der Waals surface area contributed by atoms with Crippen LogP contribution in [0.4, 0.5) is 5.69 Å². The summed E-state index contributed by atoms with van der Waals surface area (Å²) in [5, 5.41) is 7.31. The lowest BCUT2D eigenvalue weighted by molar-refractivity contribution is -0.116. The molecule has 156 valence electrons. The molecule has 1 amide bonds. The number of methoxy groups -OCH3 is 2. The average Bonchev–Trinajstić information content (AvgIpc) is 2.74. The van der Waals surface area contributed by atoms with Gasteiger partial charge in [0.15, 0.2) is 11.5 Å². The van der Waals surface area contributed by atoms with Crippen molar-refractivity contribution in [3.05, 3.63) is 70.5 Å². The molecule has 0 atom stereocenters. The van der Waals surface area contributed by atoms with Crippen LogP contribution in [-0.2, 0) is 11.3 Å². The first kappa shape index (κ1) is 21.1. The smallest absolute Gasteiger partial charge is 0.266 e. The van der Waals surface area contributed by atoms with E-state index in [1.807, 2.05) is 43.3 Å². The van der Waals surface area contributed by atoms with Crippen LogP contribution >= 0.6 is 0 Å². The van der Waals surface area contributed by atoms with Crippen LogP contribution in [0.5, 0.6) is 11.5 Å². The van der Waals surface area contributed by atoms with E-state index in [4.69, 9.17) is 9.47 Å². The van der Waals surface area contributed by atoms with Crippen LogP contribution in [0.15, 0.2) is 59.4 Å². The molecule has 0 aliphatic heterocycles. The maximum atomic E-state index is 12.2. The summed E-state index contributed by atoms with van der Waals surface area (Å²) in [4.78, 5) is 24.4. The van der Waals surface area contributed by atoms with Gasteiger partial charge in [-0.1, -0.05) is 12.1 Å². The molecular formula is C23H25N3O4. The number of nitrogens with one attached hydrogen (secondary N) is 1. The van der Waals surface area contributed by atoms with Crippen LogP contribution in [0.3, 0.4) is 0 Å². The first-order valence-electron chi connectivity index (χ1n) is 9.67. The molecular weight excluding hydrogens is 382 g/mol. The molecule has 0 unspecified atom stereocenters. The number of nitrogens with zero attached hydrogens (tertiary/aromatic N) is 2. The van der Waals surface area contributed by atoms with Crippen molar-refractivity contribution in [2.24, 2.45) is 0 Å². The van der Waals surface area contributed by atoms with E-state index in [9.17, 15) is 9.59 Å². The minimum Gasteiger partial charge on any atom is -0.493 e. The van der Waals surface area contributed by atoms with Gasteiger partial charge in [-0.25, -0.2) is 4.68 Å². The maximum absolute atomic E-state index is 12.2. The standard InChI is InChI=1S/C23H25N3O4/c1-16-6-4-7-18(14-16)24-22(27)8-5-13-26-23(28)12-10-19(25-26)17-9-11-20(29-2)21(15-17)30-3/h4,6-7,9-12,14-15H,5,8,13H2,1-3H3,(H,24,27). The molecule has 3 aromatic rings. The van der Waals surface area contributed by atoms with Crippen LogP contribution in [-0.4, -0.2) is 29.9 Å². The van der Waals surface area contributed by atoms with E-state index in [1.54, 1.807) is 26.4 Å².